The first-order valence-corrected chi connectivity index (χ1v) is 10.9. The summed E-state index contributed by atoms with van der Waals surface area (Å²) < 4.78 is 26.2. The molecule has 2 aromatic heterocycles. The summed E-state index contributed by atoms with van der Waals surface area (Å²) >= 11 is 1.25. The Balaban J connectivity index is 1.61. The number of halogens is 1. The molecule has 2 aromatic carbocycles. The van der Waals surface area contributed by atoms with E-state index in [9.17, 15) is 9.18 Å². The number of aromatic nitrogens is 3. The lowest BCUT2D eigenvalue weighted by atomic mass is 10.2. The predicted molar refractivity (Wildman–Crippen MR) is 119 cm³/mol. The molecule has 0 amide bonds. The standard InChI is InChI=1S/C23H22FN3O3S/c1-3-4-5-12-30-18-11-6-15(13-19(18)29-2)14-20-22(28)27-23(31-20)25-21(26-27)16-7-9-17(24)10-8-16/h6-11,13-14H,3-5,12H2,1-2H3/b20-14+. The van der Waals surface area contributed by atoms with Crippen molar-refractivity contribution in [1.82, 2.24) is 14.6 Å². The number of hydrogen-bond acceptors (Lipinski definition) is 6. The average Bonchev–Trinajstić information content (AvgIpc) is 3.32. The molecule has 0 radical (unpaired) electrons. The molecular weight excluding hydrogens is 417 g/mol. The number of fused-ring (bicyclic) bond motifs is 1. The van der Waals surface area contributed by atoms with Crippen molar-refractivity contribution in [2.45, 2.75) is 26.2 Å². The van der Waals surface area contributed by atoms with Gasteiger partial charge < -0.3 is 9.47 Å². The Morgan fingerprint density at radius 1 is 1.13 bits per heavy atom. The molecule has 0 atom stereocenters. The van der Waals surface area contributed by atoms with E-state index in [-0.39, 0.29) is 11.4 Å². The van der Waals surface area contributed by atoms with Gasteiger partial charge >= 0.3 is 0 Å². The van der Waals surface area contributed by atoms with Gasteiger partial charge in [0.15, 0.2) is 17.3 Å². The van der Waals surface area contributed by atoms with Crippen molar-refractivity contribution in [1.29, 1.82) is 0 Å². The molecule has 160 valence electrons. The molecule has 8 heteroatoms. The lowest BCUT2D eigenvalue weighted by Crippen LogP contribution is -2.23. The van der Waals surface area contributed by atoms with Gasteiger partial charge in [0, 0.05) is 5.56 Å². The molecule has 0 aliphatic heterocycles. The minimum Gasteiger partial charge on any atom is -0.493 e. The van der Waals surface area contributed by atoms with E-state index in [0.717, 1.165) is 24.8 Å². The molecule has 4 rings (SSSR count). The Hall–Kier alpha value is -3.26. The number of hydrogen-bond donors (Lipinski definition) is 0. The van der Waals surface area contributed by atoms with Crippen LogP contribution in [0.3, 0.4) is 0 Å². The van der Waals surface area contributed by atoms with Crippen molar-refractivity contribution in [2.75, 3.05) is 13.7 Å². The van der Waals surface area contributed by atoms with Crippen molar-refractivity contribution in [2.24, 2.45) is 0 Å². The van der Waals surface area contributed by atoms with Crippen LogP contribution in [0.4, 0.5) is 4.39 Å². The first-order valence-electron chi connectivity index (χ1n) is 10.1. The van der Waals surface area contributed by atoms with E-state index in [4.69, 9.17) is 9.47 Å². The highest BCUT2D eigenvalue weighted by molar-refractivity contribution is 7.15. The van der Waals surface area contributed by atoms with Crippen LogP contribution >= 0.6 is 11.3 Å². The van der Waals surface area contributed by atoms with Crippen LogP contribution in [0, 0.1) is 5.82 Å². The number of thiazole rings is 1. The smallest absolute Gasteiger partial charge is 0.291 e. The SMILES string of the molecule is CCCCCOc1ccc(/C=c2/sc3nc(-c4ccc(F)cc4)nn3c2=O)cc1OC. The highest BCUT2D eigenvalue weighted by Crippen LogP contribution is 2.28. The number of benzene rings is 2. The molecule has 0 unspecified atom stereocenters. The largest absolute Gasteiger partial charge is 0.493 e. The maximum Gasteiger partial charge on any atom is 0.291 e. The van der Waals surface area contributed by atoms with E-state index >= 15 is 0 Å². The minimum absolute atomic E-state index is 0.250. The maximum absolute atomic E-state index is 13.1. The summed E-state index contributed by atoms with van der Waals surface area (Å²) in [6.45, 7) is 2.79. The van der Waals surface area contributed by atoms with E-state index in [1.165, 1.54) is 28.0 Å². The van der Waals surface area contributed by atoms with Crippen LogP contribution in [0.2, 0.25) is 0 Å². The molecule has 31 heavy (non-hydrogen) atoms. The zero-order valence-electron chi connectivity index (χ0n) is 17.3. The van der Waals surface area contributed by atoms with E-state index in [1.807, 2.05) is 18.2 Å². The van der Waals surface area contributed by atoms with Gasteiger partial charge in [-0.15, -0.1) is 5.10 Å². The number of nitrogens with zero attached hydrogens (tertiary/aromatic N) is 3. The molecule has 0 N–H and O–H groups in total. The van der Waals surface area contributed by atoms with Gasteiger partial charge in [0.2, 0.25) is 4.96 Å². The number of rotatable bonds is 8. The summed E-state index contributed by atoms with van der Waals surface area (Å²) in [7, 11) is 1.59. The zero-order valence-corrected chi connectivity index (χ0v) is 18.1. The molecule has 0 fully saturated rings. The number of unbranched alkanes of at least 4 members (excludes halogenated alkanes) is 2. The van der Waals surface area contributed by atoms with Crippen LogP contribution in [0.15, 0.2) is 47.3 Å². The van der Waals surface area contributed by atoms with Crippen LogP contribution in [0.5, 0.6) is 11.5 Å². The van der Waals surface area contributed by atoms with Crippen LogP contribution < -0.4 is 19.6 Å². The van der Waals surface area contributed by atoms with Crippen LogP contribution in [0.25, 0.3) is 22.4 Å². The molecule has 0 saturated heterocycles. The molecule has 0 aliphatic carbocycles. The van der Waals surface area contributed by atoms with Gasteiger partial charge in [-0.2, -0.15) is 9.50 Å². The van der Waals surface area contributed by atoms with Gasteiger partial charge in [0.1, 0.15) is 5.82 Å². The van der Waals surface area contributed by atoms with Gasteiger partial charge in [0.05, 0.1) is 18.2 Å². The van der Waals surface area contributed by atoms with Crippen molar-refractivity contribution >= 4 is 22.4 Å². The number of methoxy groups -OCH3 is 1. The molecule has 6 nitrogen and oxygen atoms in total. The number of ether oxygens (including phenoxy) is 2. The third kappa shape index (κ3) is 4.59. The minimum atomic E-state index is -0.334. The van der Waals surface area contributed by atoms with E-state index in [2.05, 4.69) is 17.0 Å². The Morgan fingerprint density at radius 2 is 1.94 bits per heavy atom. The van der Waals surface area contributed by atoms with Crippen molar-refractivity contribution < 1.29 is 13.9 Å². The molecule has 2 heterocycles. The lowest BCUT2D eigenvalue weighted by Gasteiger charge is -2.11. The summed E-state index contributed by atoms with van der Waals surface area (Å²) in [5.41, 5.74) is 1.22. The van der Waals surface area contributed by atoms with Gasteiger partial charge in [-0.05, 0) is 54.5 Å². The monoisotopic (exact) mass is 439 g/mol. The van der Waals surface area contributed by atoms with E-state index in [1.54, 1.807) is 25.3 Å². The van der Waals surface area contributed by atoms with Gasteiger partial charge in [-0.25, -0.2) is 4.39 Å². The fourth-order valence-electron chi connectivity index (χ4n) is 3.13. The summed E-state index contributed by atoms with van der Waals surface area (Å²) in [6.07, 6.45) is 5.04. The quantitative estimate of drug-likeness (QED) is 0.387. The highest BCUT2D eigenvalue weighted by atomic mass is 32.1. The van der Waals surface area contributed by atoms with Gasteiger partial charge in [-0.3, -0.25) is 4.79 Å². The summed E-state index contributed by atoms with van der Waals surface area (Å²) in [5, 5.41) is 4.29. The molecule has 0 spiro atoms. The predicted octanol–water partition coefficient (Wildman–Crippen LogP) is 4.08. The van der Waals surface area contributed by atoms with Crippen molar-refractivity contribution in [3.05, 3.63) is 68.7 Å². The van der Waals surface area contributed by atoms with Crippen LogP contribution in [-0.4, -0.2) is 28.3 Å². The van der Waals surface area contributed by atoms with Crippen LogP contribution in [0.1, 0.15) is 31.7 Å². The fourth-order valence-corrected chi connectivity index (χ4v) is 4.04. The Morgan fingerprint density at radius 3 is 2.65 bits per heavy atom. The molecule has 0 bridgehead atoms. The van der Waals surface area contributed by atoms with E-state index in [0.29, 0.717) is 39.0 Å². The third-order valence-corrected chi connectivity index (χ3v) is 5.73. The Labute approximate surface area is 182 Å². The first-order chi connectivity index (χ1) is 15.1. The summed E-state index contributed by atoms with van der Waals surface area (Å²) in [6, 6.07) is 11.4. The normalized spacial score (nSPS) is 11.9. The summed E-state index contributed by atoms with van der Waals surface area (Å²) in [5.74, 6) is 1.36. The van der Waals surface area contributed by atoms with Gasteiger partial charge in [-0.1, -0.05) is 37.2 Å². The third-order valence-electron chi connectivity index (χ3n) is 4.78. The molecule has 0 aliphatic rings. The summed E-state index contributed by atoms with van der Waals surface area (Å²) in [4.78, 5) is 17.7. The average molecular weight is 440 g/mol. The van der Waals surface area contributed by atoms with Gasteiger partial charge in [0.25, 0.3) is 5.56 Å². The van der Waals surface area contributed by atoms with E-state index < -0.39 is 0 Å². The van der Waals surface area contributed by atoms with Crippen LogP contribution in [-0.2, 0) is 0 Å². The maximum atomic E-state index is 13.1. The molecular formula is C23H22FN3O3S. The second-order valence-electron chi connectivity index (χ2n) is 7.02. The molecule has 0 saturated carbocycles. The second kappa shape index (κ2) is 9.26. The van der Waals surface area contributed by atoms with Crippen molar-refractivity contribution in [3.63, 3.8) is 0 Å². The zero-order chi connectivity index (χ0) is 21.8. The molecule has 4 aromatic rings. The highest BCUT2D eigenvalue weighted by Gasteiger charge is 2.12. The Kier molecular flexibility index (Phi) is 6.27. The topological polar surface area (TPSA) is 65.7 Å². The second-order valence-corrected chi connectivity index (χ2v) is 8.03. The van der Waals surface area contributed by atoms with Crippen molar-refractivity contribution in [3.8, 4) is 22.9 Å². The Bertz CT molecular complexity index is 1300. The lowest BCUT2D eigenvalue weighted by molar-refractivity contribution is 0.286. The first kappa shape index (κ1) is 21.0. The fraction of sp³-hybridized carbons (Fsp3) is 0.261.